The fourth-order valence-corrected chi connectivity index (χ4v) is 2.39. The number of carboxylic acid groups (broad SMARTS) is 1. The number of hydrogen-bond acceptors (Lipinski definition) is 3. The zero-order valence-corrected chi connectivity index (χ0v) is 12.4. The molecule has 1 heterocycles. The molecule has 6 heteroatoms. The molecule has 2 N–H and O–H groups in total. The maximum absolute atomic E-state index is 12.5. The van der Waals surface area contributed by atoms with Gasteiger partial charge in [-0.15, -0.1) is 0 Å². The SMILES string of the molecule is O=C1Nc2ccc(C(=O)O)cc2C(=O)/C1=C\c1ccc(Cl)cc1. The molecule has 0 unspecified atom stereocenters. The van der Waals surface area contributed by atoms with Crippen molar-refractivity contribution in [1.29, 1.82) is 0 Å². The first-order valence-electron chi connectivity index (χ1n) is 6.66. The van der Waals surface area contributed by atoms with E-state index >= 15 is 0 Å². The van der Waals surface area contributed by atoms with Crippen LogP contribution in [0.4, 0.5) is 5.69 Å². The molecule has 23 heavy (non-hydrogen) atoms. The Bertz CT molecular complexity index is 869. The second-order valence-electron chi connectivity index (χ2n) is 4.96. The van der Waals surface area contributed by atoms with E-state index in [1.165, 1.54) is 24.3 Å². The number of carbonyl (C=O) groups is 3. The molecular weight excluding hydrogens is 318 g/mol. The highest BCUT2D eigenvalue weighted by molar-refractivity contribution is 6.36. The van der Waals surface area contributed by atoms with E-state index in [1.807, 2.05) is 0 Å². The van der Waals surface area contributed by atoms with Crippen LogP contribution in [0.3, 0.4) is 0 Å². The number of anilines is 1. The molecule has 0 bridgehead atoms. The Balaban J connectivity index is 2.06. The number of amides is 1. The zero-order chi connectivity index (χ0) is 16.6. The molecule has 0 aromatic heterocycles. The van der Waals surface area contributed by atoms with Gasteiger partial charge in [0.25, 0.3) is 5.91 Å². The van der Waals surface area contributed by atoms with Gasteiger partial charge in [-0.2, -0.15) is 0 Å². The van der Waals surface area contributed by atoms with Gasteiger partial charge in [0.2, 0.25) is 5.78 Å². The topological polar surface area (TPSA) is 83.5 Å². The van der Waals surface area contributed by atoms with E-state index in [0.717, 1.165) is 0 Å². The van der Waals surface area contributed by atoms with E-state index in [2.05, 4.69) is 5.32 Å². The van der Waals surface area contributed by atoms with Crippen molar-refractivity contribution in [2.75, 3.05) is 5.32 Å². The zero-order valence-electron chi connectivity index (χ0n) is 11.7. The lowest BCUT2D eigenvalue weighted by Crippen LogP contribution is -2.27. The van der Waals surface area contributed by atoms with Crippen molar-refractivity contribution in [1.82, 2.24) is 0 Å². The summed E-state index contributed by atoms with van der Waals surface area (Å²) in [6, 6.07) is 10.7. The molecule has 2 aromatic carbocycles. The molecule has 0 saturated heterocycles. The Morgan fingerprint density at radius 2 is 1.78 bits per heavy atom. The Hall–Kier alpha value is -2.92. The third-order valence-corrected chi connectivity index (χ3v) is 3.68. The summed E-state index contributed by atoms with van der Waals surface area (Å²) in [7, 11) is 0. The van der Waals surface area contributed by atoms with Crippen LogP contribution in [0.15, 0.2) is 48.0 Å². The number of carboxylic acids is 1. The first-order valence-corrected chi connectivity index (χ1v) is 7.04. The van der Waals surface area contributed by atoms with E-state index in [-0.39, 0.29) is 16.7 Å². The molecule has 0 fully saturated rings. The van der Waals surface area contributed by atoms with Crippen molar-refractivity contribution in [3.05, 3.63) is 69.8 Å². The van der Waals surface area contributed by atoms with Crippen molar-refractivity contribution in [3.63, 3.8) is 0 Å². The first kappa shape index (κ1) is 15.0. The highest BCUT2D eigenvalue weighted by Crippen LogP contribution is 2.27. The Morgan fingerprint density at radius 3 is 2.43 bits per heavy atom. The predicted molar refractivity (Wildman–Crippen MR) is 85.8 cm³/mol. The Labute approximate surface area is 136 Å². The fourth-order valence-electron chi connectivity index (χ4n) is 2.27. The van der Waals surface area contributed by atoms with Crippen LogP contribution in [-0.4, -0.2) is 22.8 Å². The second-order valence-corrected chi connectivity index (χ2v) is 5.39. The molecule has 0 aliphatic carbocycles. The highest BCUT2D eigenvalue weighted by Gasteiger charge is 2.29. The van der Waals surface area contributed by atoms with Crippen LogP contribution in [0.5, 0.6) is 0 Å². The summed E-state index contributed by atoms with van der Waals surface area (Å²) in [6.45, 7) is 0. The minimum Gasteiger partial charge on any atom is -0.478 e. The molecule has 3 rings (SSSR count). The largest absolute Gasteiger partial charge is 0.478 e. The maximum Gasteiger partial charge on any atom is 0.335 e. The smallest absolute Gasteiger partial charge is 0.335 e. The average molecular weight is 328 g/mol. The van der Waals surface area contributed by atoms with Crippen LogP contribution in [0.2, 0.25) is 5.02 Å². The van der Waals surface area contributed by atoms with Gasteiger partial charge in [-0.25, -0.2) is 4.79 Å². The minimum atomic E-state index is -1.14. The van der Waals surface area contributed by atoms with Crippen molar-refractivity contribution < 1.29 is 19.5 Å². The first-order chi connectivity index (χ1) is 11.0. The second kappa shape index (κ2) is 5.70. The van der Waals surface area contributed by atoms with E-state index in [4.69, 9.17) is 16.7 Å². The van der Waals surface area contributed by atoms with Gasteiger partial charge in [0, 0.05) is 10.6 Å². The van der Waals surface area contributed by atoms with Crippen LogP contribution >= 0.6 is 11.6 Å². The lowest BCUT2D eigenvalue weighted by molar-refractivity contribution is -0.112. The molecule has 2 aromatic rings. The number of rotatable bonds is 2. The van der Waals surface area contributed by atoms with Crippen LogP contribution in [0, 0.1) is 0 Å². The number of fused-ring (bicyclic) bond motifs is 1. The summed E-state index contributed by atoms with van der Waals surface area (Å²) in [5.41, 5.74) is 1.04. The summed E-state index contributed by atoms with van der Waals surface area (Å²) in [5.74, 6) is -2.18. The van der Waals surface area contributed by atoms with Gasteiger partial charge in [-0.1, -0.05) is 23.7 Å². The summed E-state index contributed by atoms with van der Waals surface area (Å²) in [6.07, 6.45) is 1.45. The van der Waals surface area contributed by atoms with Gasteiger partial charge in [-0.3, -0.25) is 9.59 Å². The number of benzene rings is 2. The summed E-state index contributed by atoms with van der Waals surface area (Å²) >= 11 is 5.80. The number of hydrogen-bond donors (Lipinski definition) is 2. The van der Waals surface area contributed by atoms with E-state index in [0.29, 0.717) is 16.3 Å². The summed E-state index contributed by atoms with van der Waals surface area (Å²) in [4.78, 5) is 35.7. The van der Waals surface area contributed by atoms with Gasteiger partial charge in [0.1, 0.15) is 0 Å². The van der Waals surface area contributed by atoms with Gasteiger partial charge in [-0.05, 0) is 42.0 Å². The Kier molecular flexibility index (Phi) is 3.72. The lowest BCUT2D eigenvalue weighted by Gasteiger charge is -2.18. The quantitative estimate of drug-likeness (QED) is 0.655. The molecule has 1 amide bonds. The summed E-state index contributed by atoms with van der Waals surface area (Å²) in [5, 5.41) is 12.2. The highest BCUT2D eigenvalue weighted by atomic mass is 35.5. The van der Waals surface area contributed by atoms with Crippen LogP contribution in [0.25, 0.3) is 6.08 Å². The number of nitrogens with one attached hydrogen (secondary N) is 1. The molecule has 5 nitrogen and oxygen atoms in total. The van der Waals surface area contributed by atoms with Crippen molar-refractivity contribution in [3.8, 4) is 0 Å². The number of aromatic carboxylic acids is 1. The normalized spacial score (nSPS) is 15.3. The number of ketones is 1. The molecular formula is C17H10ClNO4. The average Bonchev–Trinajstić information content (AvgIpc) is 2.53. The van der Waals surface area contributed by atoms with E-state index in [1.54, 1.807) is 24.3 Å². The van der Waals surface area contributed by atoms with Gasteiger partial charge < -0.3 is 10.4 Å². The number of halogens is 1. The maximum atomic E-state index is 12.5. The predicted octanol–water partition coefficient (Wildman–Crippen LogP) is 3.26. The fraction of sp³-hybridized carbons (Fsp3) is 0. The molecule has 114 valence electrons. The van der Waals surface area contributed by atoms with Crippen LogP contribution in [-0.2, 0) is 4.79 Å². The van der Waals surface area contributed by atoms with Crippen molar-refractivity contribution in [2.45, 2.75) is 0 Å². The van der Waals surface area contributed by atoms with E-state index in [9.17, 15) is 14.4 Å². The molecule has 0 saturated carbocycles. The number of Topliss-reactive ketones (excluding diaryl/α,β-unsaturated/α-hetero) is 1. The van der Waals surface area contributed by atoms with Gasteiger partial charge in [0.05, 0.1) is 16.8 Å². The number of carbonyl (C=O) groups excluding carboxylic acids is 2. The van der Waals surface area contributed by atoms with E-state index < -0.39 is 17.7 Å². The molecule has 0 spiro atoms. The van der Waals surface area contributed by atoms with Crippen molar-refractivity contribution in [2.24, 2.45) is 0 Å². The molecule has 1 aliphatic rings. The monoisotopic (exact) mass is 327 g/mol. The standard InChI is InChI=1S/C17H10ClNO4/c18-11-4-1-9(2-5-11)7-13-15(20)12-8-10(17(22)23)3-6-14(12)19-16(13)21/h1-8H,(H,19,21)(H,22,23)/b13-7+. The van der Waals surface area contributed by atoms with Gasteiger partial charge >= 0.3 is 5.97 Å². The Morgan fingerprint density at radius 1 is 1.09 bits per heavy atom. The third kappa shape index (κ3) is 2.86. The van der Waals surface area contributed by atoms with Crippen LogP contribution < -0.4 is 5.32 Å². The van der Waals surface area contributed by atoms with Crippen molar-refractivity contribution >= 4 is 41.0 Å². The molecule has 1 aliphatic heterocycles. The summed E-state index contributed by atoms with van der Waals surface area (Å²) < 4.78 is 0. The van der Waals surface area contributed by atoms with Crippen LogP contribution in [0.1, 0.15) is 26.3 Å². The molecule has 0 radical (unpaired) electrons. The third-order valence-electron chi connectivity index (χ3n) is 3.43. The minimum absolute atomic E-state index is 0.0147. The van der Waals surface area contributed by atoms with Gasteiger partial charge in [0.15, 0.2) is 0 Å². The lowest BCUT2D eigenvalue weighted by atomic mass is 9.94. The molecule has 0 atom stereocenters.